The summed E-state index contributed by atoms with van der Waals surface area (Å²) < 4.78 is 1.69. The smallest absolute Gasteiger partial charge is 0.154 e. The highest BCUT2D eigenvalue weighted by Crippen LogP contribution is 2.23. The molecule has 2 heterocycles. The lowest BCUT2D eigenvalue weighted by Gasteiger charge is -2.06. The summed E-state index contributed by atoms with van der Waals surface area (Å²) in [6.07, 6.45) is 1.57. The second-order valence-electron chi connectivity index (χ2n) is 3.73. The Bertz CT molecular complexity index is 563. The van der Waals surface area contributed by atoms with Crippen molar-refractivity contribution in [3.8, 4) is 5.82 Å². The van der Waals surface area contributed by atoms with E-state index in [1.54, 1.807) is 10.9 Å². The van der Waals surface area contributed by atoms with Crippen LogP contribution in [0, 0.1) is 13.8 Å². The maximum Gasteiger partial charge on any atom is 0.154 e. The van der Waals surface area contributed by atoms with Crippen LogP contribution >= 0.6 is 23.2 Å². The molecule has 2 N–H and O–H groups in total. The second kappa shape index (κ2) is 4.64. The third kappa shape index (κ3) is 2.16. The van der Waals surface area contributed by atoms with Crippen LogP contribution in [-0.4, -0.2) is 14.8 Å². The predicted octanol–water partition coefficient (Wildman–Crippen LogP) is 2.65. The highest BCUT2D eigenvalue weighted by molar-refractivity contribution is 6.32. The quantitative estimate of drug-likeness (QED) is 0.913. The van der Waals surface area contributed by atoms with Gasteiger partial charge in [-0.25, -0.2) is 9.67 Å². The van der Waals surface area contributed by atoms with Crippen molar-refractivity contribution in [3.63, 3.8) is 0 Å². The number of rotatable bonds is 2. The Labute approximate surface area is 109 Å². The fourth-order valence-corrected chi connectivity index (χ4v) is 1.89. The van der Waals surface area contributed by atoms with Crippen LogP contribution in [0.3, 0.4) is 0 Å². The summed E-state index contributed by atoms with van der Waals surface area (Å²) in [5, 5.41) is 5.53. The van der Waals surface area contributed by atoms with Gasteiger partial charge in [-0.2, -0.15) is 5.10 Å². The average Bonchev–Trinajstić information content (AvgIpc) is 2.58. The van der Waals surface area contributed by atoms with E-state index in [1.165, 1.54) is 0 Å². The number of halogens is 2. The van der Waals surface area contributed by atoms with Gasteiger partial charge in [0.2, 0.25) is 0 Å². The summed E-state index contributed by atoms with van der Waals surface area (Å²) in [6, 6.07) is 1.82. The third-order valence-electron chi connectivity index (χ3n) is 2.56. The molecule has 0 unspecified atom stereocenters. The van der Waals surface area contributed by atoms with Gasteiger partial charge in [0.25, 0.3) is 0 Å². The van der Waals surface area contributed by atoms with Gasteiger partial charge in [-0.05, 0) is 25.5 Å². The van der Waals surface area contributed by atoms with Gasteiger partial charge in [0.1, 0.15) is 0 Å². The molecular weight excluding hydrogens is 259 g/mol. The van der Waals surface area contributed by atoms with Gasteiger partial charge >= 0.3 is 0 Å². The number of aryl methyl sites for hydroxylation is 1. The number of pyridine rings is 1. The first-order valence-electron chi connectivity index (χ1n) is 5.11. The first-order chi connectivity index (χ1) is 8.04. The SMILES string of the molecule is Cc1nn(-c2cc(CN)c(Cl)cn2)c(C)c1Cl. The third-order valence-corrected chi connectivity index (χ3v) is 3.45. The molecule has 0 aliphatic rings. The Hall–Kier alpha value is -1.10. The molecule has 0 atom stereocenters. The lowest BCUT2D eigenvalue weighted by molar-refractivity contribution is 0.802. The van der Waals surface area contributed by atoms with Crippen molar-refractivity contribution in [2.45, 2.75) is 20.4 Å². The summed E-state index contributed by atoms with van der Waals surface area (Å²) in [7, 11) is 0. The monoisotopic (exact) mass is 270 g/mol. The standard InChI is InChI=1S/C11H12Cl2N4/c1-6-11(13)7(2)17(16-6)10-3-8(4-14)9(12)5-15-10/h3,5H,4,14H2,1-2H3. The number of hydrogen-bond acceptors (Lipinski definition) is 3. The molecule has 4 nitrogen and oxygen atoms in total. The molecule has 0 spiro atoms. The van der Waals surface area contributed by atoms with Crippen molar-refractivity contribution in [3.05, 3.63) is 39.3 Å². The number of nitrogens with zero attached hydrogens (tertiary/aromatic N) is 3. The zero-order valence-electron chi connectivity index (χ0n) is 9.54. The van der Waals surface area contributed by atoms with Crippen molar-refractivity contribution in [2.24, 2.45) is 5.73 Å². The van der Waals surface area contributed by atoms with Crippen LogP contribution in [0.1, 0.15) is 17.0 Å². The second-order valence-corrected chi connectivity index (χ2v) is 4.52. The molecule has 6 heteroatoms. The molecule has 0 fully saturated rings. The van der Waals surface area contributed by atoms with Crippen LogP contribution in [0.5, 0.6) is 0 Å². The van der Waals surface area contributed by atoms with Gasteiger partial charge in [0.05, 0.1) is 21.4 Å². The Morgan fingerprint density at radius 2 is 2.06 bits per heavy atom. The fraction of sp³-hybridized carbons (Fsp3) is 0.273. The van der Waals surface area contributed by atoms with Gasteiger partial charge in [0.15, 0.2) is 5.82 Å². The maximum atomic E-state index is 6.09. The van der Waals surface area contributed by atoms with Gasteiger partial charge in [-0.15, -0.1) is 0 Å². The van der Waals surface area contributed by atoms with Crippen molar-refractivity contribution in [2.75, 3.05) is 0 Å². The Kier molecular flexibility index (Phi) is 3.38. The molecular formula is C11H12Cl2N4. The van der Waals surface area contributed by atoms with Crippen LogP contribution in [-0.2, 0) is 6.54 Å². The first kappa shape index (κ1) is 12.4. The highest BCUT2D eigenvalue weighted by atomic mass is 35.5. The summed E-state index contributed by atoms with van der Waals surface area (Å²) in [4.78, 5) is 4.23. The molecule has 17 heavy (non-hydrogen) atoms. The molecule has 0 saturated carbocycles. The number of hydrogen-bond donors (Lipinski definition) is 1. The first-order valence-corrected chi connectivity index (χ1v) is 5.86. The summed E-state index contributed by atoms with van der Waals surface area (Å²) in [5.74, 6) is 0.669. The van der Waals surface area contributed by atoms with Crippen molar-refractivity contribution < 1.29 is 0 Å². The molecule has 0 aliphatic carbocycles. The zero-order valence-corrected chi connectivity index (χ0v) is 11.0. The van der Waals surface area contributed by atoms with E-state index in [1.807, 2.05) is 19.9 Å². The molecule has 0 bridgehead atoms. The van der Waals surface area contributed by atoms with Crippen LogP contribution in [0.25, 0.3) is 5.82 Å². The molecule has 2 rings (SSSR count). The summed E-state index contributed by atoms with van der Waals surface area (Å²) in [6.45, 7) is 4.10. The van der Waals surface area contributed by atoms with E-state index in [-0.39, 0.29) is 0 Å². The zero-order chi connectivity index (χ0) is 12.6. The van der Waals surface area contributed by atoms with E-state index in [0.717, 1.165) is 17.0 Å². The molecule has 90 valence electrons. The van der Waals surface area contributed by atoms with Gasteiger partial charge < -0.3 is 5.73 Å². The molecule has 0 amide bonds. The Balaban J connectivity index is 2.57. The minimum Gasteiger partial charge on any atom is -0.326 e. The van der Waals surface area contributed by atoms with Gasteiger partial charge in [-0.1, -0.05) is 23.2 Å². The van der Waals surface area contributed by atoms with Crippen LogP contribution < -0.4 is 5.73 Å². The van der Waals surface area contributed by atoms with E-state index in [0.29, 0.717) is 22.4 Å². The number of nitrogens with two attached hydrogens (primary N) is 1. The molecule has 0 saturated heterocycles. The Morgan fingerprint density at radius 3 is 2.59 bits per heavy atom. The minimum atomic E-state index is 0.362. The molecule has 0 radical (unpaired) electrons. The molecule has 0 aromatic carbocycles. The average molecular weight is 271 g/mol. The van der Waals surface area contributed by atoms with Gasteiger partial charge in [-0.3, -0.25) is 0 Å². The van der Waals surface area contributed by atoms with E-state index in [4.69, 9.17) is 28.9 Å². The van der Waals surface area contributed by atoms with E-state index < -0.39 is 0 Å². The molecule has 2 aromatic rings. The highest BCUT2D eigenvalue weighted by Gasteiger charge is 2.12. The van der Waals surface area contributed by atoms with E-state index >= 15 is 0 Å². The summed E-state index contributed by atoms with van der Waals surface area (Å²) in [5.41, 5.74) is 8.06. The molecule has 0 aliphatic heterocycles. The lowest BCUT2D eigenvalue weighted by Crippen LogP contribution is -2.05. The summed E-state index contributed by atoms with van der Waals surface area (Å²) >= 11 is 12.1. The van der Waals surface area contributed by atoms with Crippen molar-refractivity contribution in [1.82, 2.24) is 14.8 Å². The van der Waals surface area contributed by atoms with Gasteiger partial charge in [0, 0.05) is 12.7 Å². The normalized spacial score (nSPS) is 10.9. The predicted molar refractivity (Wildman–Crippen MR) is 68.7 cm³/mol. The number of aromatic nitrogens is 3. The van der Waals surface area contributed by atoms with Crippen LogP contribution in [0.15, 0.2) is 12.3 Å². The van der Waals surface area contributed by atoms with Crippen LogP contribution in [0.2, 0.25) is 10.0 Å². The molecule has 2 aromatic heterocycles. The minimum absolute atomic E-state index is 0.362. The largest absolute Gasteiger partial charge is 0.326 e. The maximum absolute atomic E-state index is 6.09. The van der Waals surface area contributed by atoms with Crippen molar-refractivity contribution in [1.29, 1.82) is 0 Å². The van der Waals surface area contributed by atoms with E-state index in [9.17, 15) is 0 Å². The lowest BCUT2D eigenvalue weighted by atomic mass is 10.2. The van der Waals surface area contributed by atoms with Crippen LogP contribution in [0.4, 0.5) is 0 Å². The Morgan fingerprint density at radius 1 is 1.35 bits per heavy atom. The van der Waals surface area contributed by atoms with E-state index in [2.05, 4.69) is 10.1 Å². The fourth-order valence-electron chi connectivity index (χ4n) is 1.59. The topological polar surface area (TPSA) is 56.7 Å². The van der Waals surface area contributed by atoms with Crippen molar-refractivity contribution >= 4 is 23.2 Å².